The zero-order valence-corrected chi connectivity index (χ0v) is 14.5. The molecule has 1 heterocycles. The van der Waals surface area contributed by atoms with Crippen LogP contribution in [0.15, 0.2) is 53.3 Å². The number of carbonyl (C=O) groups is 3. The Morgan fingerprint density at radius 3 is 2.07 bits per heavy atom. The largest absolute Gasteiger partial charge is 0.454 e. The Kier molecular flexibility index (Phi) is 5.16. The molecule has 8 nitrogen and oxygen atoms in total. The summed E-state index contributed by atoms with van der Waals surface area (Å²) in [6.07, 6.45) is 0. The van der Waals surface area contributed by atoms with E-state index in [2.05, 4.69) is 5.32 Å². The molecule has 0 aliphatic carbocycles. The lowest BCUT2D eigenvalue weighted by Crippen LogP contribution is -2.39. The third kappa shape index (κ3) is 3.79. The molecular formula is C19H17N3O5. The number of hydrogen-bond acceptors (Lipinski definition) is 5. The van der Waals surface area contributed by atoms with Crippen molar-refractivity contribution >= 4 is 39.7 Å². The van der Waals surface area contributed by atoms with E-state index in [0.717, 1.165) is 0 Å². The van der Waals surface area contributed by atoms with Gasteiger partial charge in [0, 0.05) is 17.8 Å². The first-order chi connectivity index (χ1) is 13.0. The summed E-state index contributed by atoms with van der Waals surface area (Å²) in [6, 6.07) is 13.3. The summed E-state index contributed by atoms with van der Waals surface area (Å²) in [7, 11) is 1.36. The first kappa shape index (κ1) is 18.1. The van der Waals surface area contributed by atoms with Crippen LogP contribution in [0.25, 0.3) is 21.8 Å². The van der Waals surface area contributed by atoms with Gasteiger partial charge in [-0.3, -0.25) is 19.7 Å². The molecule has 0 spiro atoms. The van der Waals surface area contributed by atoms with Crippen molar-refractivity contribution in [3.05, 3.63) is 58.8 Å². The third-order valence-electron chi connectivity index (χ3n) is 4.01. The zero-order chi connectivity index (χ0) is 19.4. The molecule has 138 valence electrons. The molecule has 0 saturated heterocycles. The summed E-state index contributed by atoms with van der Waals surface area (Å²) in [5.41, 5.74) is 1.07. The number of amides is 3. The quantitative estimate of drug-likeness (QED) is 0.531. The van der Waals surface area contributed by atoms with E-state index in [1.807, 2.05) is 5.32 Å². The van der Waals surface area contributed by atoms with Gasteiger partial charge in [-0.1, -0.05) is 24.3 Å². The van der Waals surface area contributed by atoms with Crippen molar-refractivity contribution in [2.75, 3.05) is 13.7 Å². The summed E-state index contributed by atoms with van der Waals surface area (Å²) in [5.74, 6) is -1.40. The van der Waals surface area contributed by atoms with Crippen molar-refractivity contribution in [3.63, 3.8) is 0 Å². The number of nitrogens with zero attached hydrogens (tertiary/aromatic N) is 1. The molecule has 2 aromatic carbocycles. The van der Waals surface area contributed by atoms with Gasteiger partial charge >= 0.3 is 12.0 Å². The van der Waals surface area contributed by atoms with Gasteiger partial charge in [0.1, 0.15) is 6.54 Å². The number of nitrogens with one attached hydrogen (secondary N) is 2. The zero-order valence-electron chi connectivity index (χ0n) is 14.5. The van der Waals surface area contributed by atoms with Crippen molar-refractivity contribution in [1.82, 2.24) is 15.2 Å². The van der Waals surface area contributed by atoms with E-state index in [1.165, 1.54) is 7.05 Å². The van der Waals surface area contributed by atoms with Gasteiger partial charge in [0.2, 0.25) is 0 Å². The van der Waals surface area contributed by atoms with Crippen LogP contribution in [-0.4, -0.2) is 36.1 Å². The lowest BCUT2D eigenvalue weighted by Gasteiger charge is -2.14. The Labute approximate surface area is 153 Å². The number of aromatic nitrogens is 1. The first-order valence-corrected chi connectivity index (χ1v) is 8.18. The number of benzene rings is 2. The van der Waals surface area contributed by atoms with E-state index < -0.39 is 24.5 Å². The van der Waals surface area contributed by atoms with Gasteiger partial charge in [-0.15, -0.1) is 0 Å². The van der Waals surface area contributed by atoms with Crippen LogP contribution in [0, 0.1) is 0 Å². The Morgan fingerprint density at radius 2 is 1.52 bits per heavy atom. The molecule has 0 aliphatic heterocycles. The van der Waals surface area contributed by atoms with Gasteiger partial charge in [0.15, 0.2) is 12.0 Å². The fourth-order valence-corrected chi connectivity index (χ4v) is 2.79. The van der Waals surface area contributed by atoms with Crippen LogP contribution < -0.4 is 16.1 Å². The number of para-hydroxylation sites is 2. The van der Waals surface area contributed by atoms with Gasteiger partial charge in [-0.25, -0.2) is 4.79 Å². The van der Waals surface area contributed by atoms with Crippen molar-refractivity contribution in [2.24, 2.45) is 0 Å². The summed E-state index contributed by atoms with van der Waals surface area (Å²) in [5, 5.41) is 5.20. The predicted octanol–water partition coefficient (Wildman–Crippen LogP) is 1.15. The maximum Gasteiger partial charge on any atom is 0.326 e. The molecule has 0 fully saturated rings. The van der Waals surface area contributed by atoms with Crippen molar-refractivity contribution in [2.45, 2.75) is 6.54 Å². The van der Waals surface area contributed by atoms with E-state index in [0.29, 0.717) is 21.8 Å². The number of fused-ring (bicyclic) bond motifs is 2. The number of rotatable bonds is 4. The molecule has 2 N–H and O–H groups in total. The molecule has 8 heteroatoms. The molecule has 3 rings (SSSR count). The highest BCUT2D eigenvalue weighted by Crippen LogP contribution is 2.19. The average molecular weight is 367 g/mol. The standard InChI is InChI=1S/C19H17N3O5/c1-20-19(26)21-16(23)11-27-17(24)10-22-14-8-4-2-6-12(14)18(25)13-7-3-5-9-15(13)22/h2-9H,10-11H2,1H3,(H2,20,21,23,26). The molecule has 0 saturated carbocycles. The summed E-state index contributed by atoms with van der Waals surface area (Å²) >= 11 is 0. The fraction of sp³-hybridized carbons (Fsp3) is 0.158. The molecule has 0 aliphatic rings. The lowest BCUT2D eigenvalue weighted by atomic mass is 10.1. The summed E-state index contributed by atoms with van der Waals surface area (Å²) in [6.45, 7) is -0.767. The minimum absolute atomic E-state index is 0.115. The highest BCUT2D eigenvalue weighted by atomic mass is 16.5. The lowest BCUT2D eigenvalue weighted by molar-refractivity contribution is -0.148. The Bertz CT molecular complexity index is 1040. The highest BCUT2D eigenvalue weighted by Gasteiger charge is 2.15. The molecule has 0 radical (unpaired) electrons. The number of imide groups is 1. The van der Waals surface area contributed by atoms with Crippen LogP contribution in [0.2, 0.25) is 0 Å². The summed E-state index contributed by atoms with van der Waals surface area (Å²) in [4.78, 5) is 47.5. The van der Waals surface area contributed by atoms with E-state index >= 15 is 0 Å². The van der Waals surface area contributed by atoms with E-state index in [1.54, 1.807) is 53.1 Å². The van der Waals surface area contributed by atoms with Crippen LogP contribution in [0.4, 0.5) is 4.79 Å². The van der Waals surface area contributed by atoms with Gasteiger partial charge < -0.3 is 14.6 Å². The molecule has 0 unspecified atom stereocenters. The van der Waals surface area contributed by atoms with Gasteiger partial charge in [0.05, 0.1) is 11.0 Å². The van der Waals surface area contributed by atoms with Gasteiger partial charge in [-0.2, -0.15) is 0 Å². The van der Waals surface area contributed by atoms with Crippen LogP contribution in [0.5, 0.6) is 0 Å². The second-order valence-electron chi connectivity index (χ2n) is 5.74. The van der Waals surface area contributed by atoms with Crippen molar-refractivity contribution < 1.29 is 19.1 Å². The normalized spacial score (nSPS) is 10.6. The van der Waals surface area contributed by atoms with Crippen LogP contribution in [0.1, 0.15) is 0 Å². The average Bonchev–Trinajstić information content (AvgIpc) is 2.69. The highest BCUT2D eigenvalue weighted by molar-refractivity contribution is 5.96. The van der Waals surface area contributed by atoms with Gasteiger partial charge in [0.25, 0.3) is 5.91 Å². The number of esters is 1. The molecule has 1 aromatic heterocycles. The molecule has 27 heavy (non-hydrogen) atoms. The Hall–Kier alpha value is -3.68. The van der Waals surface area contributed by atoms with E-state index in [-0.39, 0.29) is 12.0 Å². The summed E-state index contributed by atoms with van der Waals surface area (Å²) < 4.78 is 6.62. The van der Waals surface area contributed by atoms with Crippen LogP contribution in [-0.2, 0) is 20.9 Å². The second kappa shape index (κ2) is 7.69. The molecule has 0 bridgehead atoms. The number of urea groups is 1. The monoisotopic (exact) mass is 367 g/mol. The SMILES string of the molecule is CNC(=O)NC(=O)COC(=O)Cn1c2ccccc2c(=O)c2ccccc21. The smallest absolute Gasteiger partial charge is 0.326 e. The second-order valence-corrected chi connectivity index (χ2v) is 5.74. The van der Waals surface area contributed by atoms with Crippen molar-refractivity contribution in [1.29, 1.82) is 0 Å². The molecular weight excluding hydrogens is 350 g/mol. The predicted molar refractivity (Wildman–Crippen MR) is 99.3 cm³/mol. The Balaban J connectivity index is 1.89. The third-order valence-corrected chi connectivity index (χ3v) is 4.01. The van der Waals surface area contributed by atoms with Gasteiger partial charge in [-0.05, 0) is 24.3 Å². The fourth-order valence-electron chi connectivity index (χ4n) is 2.79. The molecule has 3 aromatic rings. The van der Waals surface area contributed by atoms with E-state index in [4.69, 9.17) is 4.74 Å². The topological polar surface area (TPSA) is 106 Å². The Morgan fingerprint density at radius 1 is 0.963 bits per heavy atom. The minimum atomic E-state index is -0.739. The number of pyridine rings is 1. The van der Waals surface area contributed by atoms with E-state index in [9.17, 15) is 19.2 Å². The number of hydrogen-bond donors (Lipinski definition) is 2. The molecule has 3 amide bonds. The maximum absolute atomic E-state index is 12.7. The number of ether oxygens (including phenoxy) is 1. The van der Waals surface area contributed by atoms with Crippen molar-refractivity contribution in [3.8, 4) is 0 Å². The van der Waals surface area contributed by atoms with Crippen LogP contribution >= 0.6 is 0 Å². The van der Waals surface area contributed by atoms with Crippen LogP contribution in [0.3, 0.4) is 0 Å². The minimum Gasteiger partial charge on any atom is -0.454 e. The maximum atomic E-state index is 12.7. The number of carbonyl (C=O) groups excluding carboxylic acids is 3. The first-order valence-electron chi connectivity index (χ1n) is 8.18. The molecule has 0 atom stereocenters.